The van der Waals surface area contributed by atoms with Gasteiger partial charge >= 0.3 is 0 Å². The molecular formula is C49H97N9O6. The first-order valence-corrected chi connectivity index (χ1v) is 25.9. The number of primary amides is 1. The quantitative estimate of drug-likeness (QED) is 0.0309. The zero-order valence-corrected chi connectivity index (χ0v) is 40.7. The molecule has 0 fully saturated rings. The Labute approximate surface area is 388 Å². The van der Waals surface area contributed by atoms with Gasteiger partial charge in [0.05, 0.1) is 0 Å². The molecule has 0 aromatic rings. The molecule has 0 aromatic heterocycles. The molecule has 374 valence electrons. The Balaban J connectivity index is 5.71. The maximum absolute atomic E-state index is 14.0. The molecule has 0 radical (unpaired) electrons. The van der Waals surface area contributed by atoms with Gasteiger partial charge in [-0.1, -0.05) is 142 Å². The van der Waals surface area contributed by atoms with Crippen LogP contribution in [0.15, 0.2) is 0 Å². The van der Waals surface area contributed by atoms with Gasteiger partial charge in [0.1, 0.15) is 24.2 Å². The molecule has 4 atom stereocenters. The van der Waals surface area contributed by atoms with Crippen LogP contribution in [0.5, 0.6) is 0 Å². The highest BCUT2D eigenvalue weighted by molar-refractivity contribution is 5.95. The molecule has 0 heterocycles. The first-order chi connectivity index (χ1) is 31.0. The van der Waals surface area contributed by atoms with Crippen LogP contribution >= 0.6 is 0 Å². The molecule has 64 heavy (non-hydrogen) atoms. The van der Waals surface area contributed by atoms with Gasteiger partial charge in [-0.15, -0.1) is 0 Å². The lowest BCUT2D eigenvalue weighted by Crippen LogP contribution is -2.59. The van der Waals surface area contributed by atoms with Crippen molar-refractivity contribution in [2.24, 2.45) is 22.9 Å². The summed E-state index contributed by atoms with van der Waals surface area (Å²) in [7, 11) is 0. The highest BCUT2D eigenvalue weighted by Crippen LogP contribution is 2.14. The van der Waals surface area contributed by atoms with Crippen molar-refractivity contribution < 1.29 is 28.8 Å². The summed E-state index contributed by atoms with van der Waals surface area (Å²) >= 11 is 0. The topological polar surface area (TPSA) is 267 Å². The monoisotopic (exact) mass is 908 g/mol. The Morgan fingerprint density at radius 2 is 0.672 bits per heavy atom. The van der Waals surface area contributed by atoms with Crippen LogP contribution in [0.1, 0.15) is 226 Å². The standard InChI is InChI=1S/C49H97N9O6/c1-3-5-7-9-11-13-15-17-19-21-23-34-44(59)54-39-43(55-45(60)35-24-22-20-18-16-14-12-10-8-6-4-2)49(64)58-42(33-27-30-38-52)48(63)57-41(32-26-29-37-51)47(62)56-40(46(53)61)31-25-28-36-50/h40-43H,3-39,50-52H2,1-2H3,(H2,53,61)(H,54,59)(H,55,60)(H,56,62)(H,57,63)(H,58,64)/t40-,41-,42-,43?/m0/s1. The summed E-state index contributed by atoms with van der Waals surface area (Å²) in [6, 6.07) is -4.16. The summed E-state index contributed by atoms with van der Waals surface area (Å²) in [5, 5.41) is 14.0. The molecule has 0 spiro atoms. The largest absolute Gasteiger partial charge is 0.368 e. The molecule has 0 aliphatic heterocycles. The highest BCUT2D eigenvalue weighted by Gasteiger charge is 2.31. The summed E-state index contributed by atoms with van der Waals surface area (Å²) in [6.07, 6.45) is 30.3. The van der Waals surface area contributed by atoms with Crippen LogP contribution in [-0.2, 0) is 28.8 Å². The van der Waals surface area contributed by atoms with E-state index in [9.17, 15) is 28.8 Å². The number of nitrogens with one attached hydrogen (secondary N) is 5. The Hall–Kier alpha value is -3.30. The van der Waals surface area contributed by atoms with Gasteiger partial charge in [-0.2, -0.15) is 0 Å². The van der Waals surface area contributed by atoms with E-state index in [1.807, 2.05) is 0 Å². The van der Waals surface area contributed by atoms with Crippen LogP contribution in [0.3, 0.4) is 0 Å². The maximum Gasteiger partial charge on any atom is 0.245 e. The lowest BCUT2D eigenvalue weighted by Gasteiger charge is -2.26. The molecule has 13 N–H and O–H groups in total. The smallest absolute Gasteiger partial charge is 0.245 e. The van der Waals surface area contributed by atoms with E-state index in [2.05, 4.69) is 40.4 Å². The Kier molecular flexibility index (Phi) is 41.3. The average molecular weight is 908 g/mol. The Morgan fingerprint density at radius 1 is 0.359 bits per heavy atom. The van der Waals surface area contributed by atoms with E-state index in [1.54, 1.807) is 0 Å². The molecule has 0 aliphatic rings. The third-order valence-electron chi connectivity index (χ3n) is 11.9. The minimum atomic E-state index is -1.13. The van der Waals surface area contributed by atoms with Gasteiger partial charge in [0, 0.05) is 19.4 Å². The SMILES string of the molecule is CCCCCCCCCCCCCC(=O)NCC(NC(=O)CCCCCCCCCCCCC)C(=O)N[C@@H](CCCCN)C(=O)N[C@@H](CCCCN)C(=O)N[C@@H](CCCCN)C(N)=O. The fourth-order valence-electron chi connectivity index (χ4n) is 7.80. The minimum absolute atomic E-state index is 0.132. The van der Waals surface area contributed by atoms with Crippen LogP contribution in [-0.4, -0.2) is 85.8 Å². The van der Waals surface area contributed by atoms with Crippen molar-refractivity contribution in [3.8, 4) is 0 Å². The maximum atomic E-state index is 14.0. The second-order valence-corrected chi connectivity index (χ2v) is 17.9. The lowest BCUT2D eigenvalue weighted by atomic mass is 10.0. The van der Waals surface area contributed by atoms with Gasteiger partial charge in [0.2, 0.25) is 35.4 Å². The molecule has 15 heteroatoms. The van der Waals surface area contributed by atoms with E-state index in [0.29, 0.717) is 77.4 Å². The van der Waals surface area contributed by atoms with Crippen molar-refractivity contribution in [2.45, 2.75) is 250 Å². The second kappa shape index (κ2) is 43.6. The second-order valence-electron chi connectivity index (χ2n) is 17.9. The van der Waals surface area contributed by atoms with Crippen LogP contribution in [0.25, 0.3) is 0 Å². The predicted molar refractivity (Wildman–Crippen MR) is 261 cm³/mol. The Morgan fingerprint density at radius 3 is 1.03 bits per heavy atom. The zero-order chi connectivity index (χ0) is 47.5. The number of carbonyl (C=O) groups excluding carboxylic acids is 6. The Bertz CT molecular complexity index is 1210. The van der Waals surface area contributed by atoms with Crippen LogP contribution in [0, 0.1) is 0 Å². The number of unbranched alkanes of at least 4 members (excludes halogenated alkanes) is 23. The third kappa shape index (κ3) is 35.0. The fraction of sp³-hybridized carbons (Fsp3) is 0.878. The number of hydrogen-bond acceptors (Lipinski definition) is 9. The number of amides is 6. The van der Waals surface area contributed by atoms with Crippen molar-refractivity contribution in [3.63, 3.8) is 0 Å². The molecule has 6 amide bonds. The van der Waals surface area contributed by atoms with E-state index in [1.165, 1.54) is 89.9 Å². The van der Waals surface area contributed by atoms with Crippen LogP contribution in [0.2, 0.25) is 0 Å². The van der Waals surface area contributed by atoms with E-state index in [-0.39, 0.29) is 37.6 Å². The molecule has 0 rings (SSSR count). The summed E-state index contributed by atoms with van der Waals surface area (Å²) in [5.74, 6) is -2.97. The first-order valence-electron chi connectivity index (χ1n) is 25.9. The predicted octanol–water partition coefficient (Wildman–Crippen LogP) is 6.32. The molecule has 0 saturated carbocycles. The lowest BCUT2D eigenvalue weighted by molar-refractivity contribution is -0.134. The average Bonchev–Trinajstić information content (AvgIpc) is 3.27. The van der Waals surface area contributed by atoms with E-state index in [0.717, 1.165) is 44.9 Å². The van der Waals surface area contributed by atoms with Gasteiger partial charge < -0.3 is 49.5 Å². The zero-order valence-electron chi connectivity index (χ0n) is 40.7. The molecule has 0 aromatic carbocycles. The minimum Gasteiger partial charge on any atom is -0.368 e. The van der Waals surface area contributed by atoms with Crippen molar-refractivity contribution in [2.75, 3.05) is 26.2 Å². The van der Waals surface area contributed by atoms with Crippen molar-refractivity contribution in [1.82, 2.24) is 26.6 Å². The van der Waals surface area contributed by atoms with E-state index < -0.39 is 47.8 Å². The molecule has 1 unspecified atom stereocenters. The van der Waals surface area contributed by atoms with Gasteiger partial charge in [-0.05, 0) is 90.3 Å². The van der Waals surface area contributed by atoms with Crippen molar-refractivity contribution in [1.29, 1.82) is 0 Å². The molecular weight excluding hydrogens is 811 g/mol. The summed E-state index contributed by atoms with van der Waals surface area (Å²) in [4.78, 5) is 79.9. The van der Waals surface area contributed by atoms with Crippen LogP contribution in [0.4, 0.5) is 0 Å². The number of rotatable bonds is 46. The normalized spacial score (nSPS) is 13.1. The van der Waals surface area contributed by atoms with Gasteiger partial charge in [0.15, 0.2) is 0 Å². The van der Waals surface area contributed by atoms with E-state index in [4.69, 9.17) is 22.9 Å². The number of carbonyl (C=O) groups is 6. The molecule has 0 bridgehead atoms. The third-order valence-corrected chi connectivity index (χ3v) is 11.9. The number of hydrogen-bond donors (Lipinski definition) is 9. The summed E-state index contributed by atoms with van der Waals surface area (Å²) in [5.41, 5.74) is 22.7. The summed E-state index contributed by atoms with van der Waals surface area (Å²) in [6.45, 7) is 5.53. The van der Waals surface area contributed by atoms with Gasteiger partial charge in [-0.3, -0.25) is 28.8 Å². The highest BCUT2D eigenvalue weighted by atomic mass is 16.2. The van der Waals surface area contributed by atoms with Gasteiger partial charge in [0.25, 0.3) is 0 Å². The fourth-order valence-corrected chi connectivity index (χ4v) is 7.80. The molecule has 0 aliphatic carbocycles. The molecule has 0 saturated heterocycles. The van der Waals surface area contributed by atoms with Crippen molar-refractivity contribution >= 4 is 35.4 Å². The van der Waals surface area contributed by atoms with E-state index >= 15 is 0 Å². The van der Waals surface area contributed by atoms with Crippen molar-refractivity contribution in [3.05, 3.63) is 0 Å². The summed E-state index contributed by atoms with van der Waals surface area (Å²) < 4.78 is 0. The first kappa shape index (κ1) is 60.7. The molecule has 15 nitrogen and oxygen atoms in total. The number of nitrogens with two attached hydrogens (primary N) is 4. The van der Waals surface area contributed by atoms with Gasteiger partial charge in [-0.25, -0.2) is 0 Å². The van der Waals surface area contributed by atoms with Crippen LogP contribution < -0.4 is 49.5 Å².